The first-order valence-electron chi connectivity index (χ1n) is 9.85. The summed E-state index contributed by atoms with van der Waals surface area (Å²) in [5.74, 6) is 0.111. The standard InChI is InChI=1S/C23H21ClN2O5/c1-2-18-23(29)26(13-21(27)25-16-7-4-3-6-15(16)24)17-12-14(9-10-19(17)31-18)22(28)20-8-5-11-30-20/h3-12,18,22,28H,2,13H2,1H3,(H,25,27). The molecule has 31 heavy (non-hydrogen) atoms. The molecule has 0 aliphatic carbocycles. The van der Waals surface area contributed by atoms with Gasteiger partial charge in [0.25, 0.3) is 5.91 Å². The van der Waals surface area contributed by atoms with Gasteiger partial charge >= 0.3 is 0 Å². The number of benzene rings is 2. The zero-order valence-corrected chi connectivity index (χ0v) is 17.5. The number of rotatable bonds is 6. The Kier molecular flexibility index (Phi) is 5.97. The van der Waals surface area contributed by atoms with E-state index in [1.54, 1.807) is 54.6 Å². The summed E-state index contributed by atoms with van der Waals surface area (Å²) in [6, 6.07) is 15.2. The van der Waals surface area contributed by atoms with Gasteiger partial charge in [-0.05, 0) is 48.4 Å². The molecule has 2 amide bonds. The van der Waals surface area contributed by atoms with Crippen LogP contribution in [0, 0.1) is 0 Å². The van der Waals surface area contributed by atoms with Crippen molar-refractivity contribution in [2.75, 3.05) is 16.8 Å². The molecule has 4 rings (SSSR count). The molecule has 7 nitrogen and oxygen atoms in total. The second kappa shape index (κ2) is 8.83. The molecule has 2 N–H and O–H groups in total. The van der Waals surface area contributed by atoms with Gasteiger partial charge in [0.15, 0.2) is 6.10 Å². The normalized spacial score (nSPS) is 16.4. The molecule has 0 bridgehead atoms. The Balaban J connectivity index is 1.63. The molecule has 3 aromatic rings. The fourth-order valence-electron chi connectivity index (χ4n) is 3.44. The first kappa shape index (κ1) is 21.0. The number of anilines is 2. The van der Waals surface area contributed by atoms with Crippen molar-refractivity contribution in [1.29, 1.82) is 0 Å². The number of nitrogens with zero attached hydrogens (tertiary/aromatic N) is 1. The Bertz CT molecular complexity index is 1100. The predicted molar refractivity (Wildman–Crippen MR) is 116 cm³/mol. The molecule has 0 saturated heterocycles. The third kappa shape index (κ3) is 4.28. The quantitative estimate of drug-likeness (QED) is 0.600. The molecule has 2 aromatic carbocycles. The molecule has 0 radical (unpaired) electrons. The number of aliphatic hydroxyl groups excluding tert-OH is 1. The van der Waals surface area contributed by atoms with Crippen LogP contribution in [0.2, 0.25) is 5.02 Å². The van der Waals surface area contributed by atoms with E-state index in [9.17, 15) is 14.7 Å². The van der Waals surface area contributed by atoms with Gasteiger partial charge in [-0.3, -0.25) is 14.5 Å². The lowest BCUT2D eigenvalue weighted by atomic mass is 10.0. The Morgan fingerprint density at radius 3 is 2.74 bits per heavy atom. The van der Waals surface area contributed by atoms with Crippen LogP contribution in [0.3, 0.4) is 0 Å². The fourth-order valence-corrected chi connectivity index (χ4v) is 3.62. The van der Waals surface area contributed by atoms with Gasteiger partial charge in [-0.1, -0.05) is 36.7 Å². The number of furan rings is 1. The third-order valence-electron chi connectivity index (χ3n) is 5.03. The number of halogens is 1. The number of fused-ring (bicyclic) bond motifs is 1. The van der Waals surface area contributed by atoms with Gasteiger partial charge in [0.2, 0.25) is 5.91 Å². The van der Waals surface area contributed by atoms with Crippen molar-refractivity contribution in [3.8, 4) is 5.75 Å². The maximum absolute atomic E-state index is 13.0. The van der Waals surface area contributed by atoms with E-state index in [-0.39, 0.29) is 12.5 Å². The van der Waals surface area contributed by atoms with Crippen LogP contribution in [-0.4, -0.2) is 29.6 Å². The van der Waals surface area contributed by atoms with Gasteiger partial charge in [0.1, 0.15) is 24.2 Å². The molecule has 0 fully saturated rings. The van der Waals surface area contributed by atoms with Crippen molar-refractivity contribution >= 4 is 34.8 Å². The number of carbonyl (C=O) groups excluding carboxylic acids is 2. The minimum Gasteiger partial charge on any atom is -0.478 e. The van der Waals surface area contributed by atoms with Crippen molar-refractivity contribution in [2.24, 2.45) is 0 Å². The lowest BCUT2D eigenvalue weighted by Crippen LogP contribution is -2.48. The van der Waals surface area contributed by atoms with Gasteiger partial charge in [-0.25, -0.2) is 0 Å². The van der Waals surface area contributed by atoms with Crippen molar-refractivity contribution in [3.63, 3.8) is 0 Å². The number of ether oxygens (including phenoxy) is 1. The molecular weight excluding hydrogens is 420 g/mol. The Hall–Kier alpha value is -3.29. The molecule has 0 saturated carbocycles. The topological polar surface area (TPSA) is 92.0 Å². The number of amides is 2. The highest BCUT2D eigenvalue weighted by molar-refractivity contribution is 6.33. The summed E-state index contributed by atoms with van der Waals surface area (Å²) in [6.45, 7) is 1.61. The molecule has 1 aliphatic rings. The van der Waals surface area contributed by atoms with Crippen LogP contribution >= 0.6 is 11.6 Å². The predicted octanol–water partition coefficient (Wildman–Crippen LogP) is 4.16. The Morgan fingerprint density at radius 2 is 2.03 bits per heavy atom. The number of carbonyl (C=O) groups is 2. The van der Waals surface area contributed by atoms with Crippen LogP contribution in [0.5, 0.6) is 5.75 Å². The maximum atomic E-state index is 13.0. The fraction of sp³-hybridized carbons (Fsp3) is 0.217. The molecule has 2 unspecified atom stereocenters. The van der Waals surface area contributed by atoms with E-state index >= 15 is 0 Å². The van der Waals surface area contributed by atoms with E-state index in [4.69, 9.17) is 20.8 Å². The van der Waals surface area contributed by atoms with Crippen molar-refractivity contribution in [3.05, 3.63) is 77.2 Å². The summed E-state index contributed by atoms with van der Waals surface area (Å²) in [7, 11) is 0. The van der Waals surface area contributed by atoms with Gasteiger partial charge < -0.3 is 19.6 Å². The van der Waals surface area contributed by atoms with Crippen LogP contribution in [0.4, 0.5) is 11.4 Å². The third-order valence-corrected chi connectivity index (χ3v) is 5.36. The van der Waals surface area contributed by atoms with Crippen LogP contribution < -0.4 is 15.0 Å². The van der Waals surface area contributed by atoms with Gasteiger partial charge in [0.05, 0.1) is 22.7 Å². The Morgan fingerprint density at radius 1 is 1.23 bits per heavy atom. The van der Waals surface area contributed by atoms with Crippen LogP contribution in [0.1, 0.15) is 30.8 Å². The Labute approximate surface area is 184 Å². The summed E-state index contributed by atoms with van der Waals surface area (Å²) >= 11 is 6.12. The van der Waals surface area contributed by atoms with Crippen molar-refractivity contribution < 1.29 is 23.8 Å². The first-order valence-corrected chi connectivity index (χ1v) is 10.2. The molecule has 2 heterocycles. The minimum absolute atomic E-state index is 0.225. The molecular formula is C23H21ClN2O5. The van der Waals surface area contributed by atoms with Gasteiger partial charge in [0, 0.05) is 0 Å². The molecule has 1 aromatic heterocycles. The van der Waals surface area contributed by atoms with E-state index in [1.165, 1.54) is 11.2 Å². The van der Waals surface area contributed by atoms with Crippen molar-refractivity contribution in [2.45, 2.75) is 25.6 Å². The second-order valence-corrected chi connectivity index (χ2v) is 7.52. The molecule has 1 aliphatic heterocycles. The highest BCUT2D eigenvalue weighted by Crippen LogP contribution is 2.38. The zero-order chi connectivity index (χ0) is 22.0. The van der Waals surface area contributed by atoms with Crippen LogP contribution in [0.25, 0.3) is 0 Å². The van der Waals surface area contributed by atoms with Crippen LogP contribution in [0.15, 0.2) is 65.3 Å². The summed E-state index contributed by atoms with van der Waals surface area (Å²) < 4.78 is 11.1. The summed E-state index contributed by atoms with van der Waals surface area (Å²) in [5, 5.41) is 13.7. The van der Waals surface area contributed by atoms with Gasteiger partial charge in [-0.15, -0.1) is 0 Å². The largest absolute Gasteiger partial charge is 0.478 e. The summed E-state index contributed by atoms with van der Waals surface area (Å²) in [5.41, 5.74) is 1.38. The average molecular weight is 441 g/mol. The summed E-state index contributed by atoms with van der Waals surface area (Å²) in [4.78, 5) is 27.1. The highest BCUT2D eigenvalue weighted by atomic mass is 35.5. The number of nitrogens with one attached hydrogen (secondary N) is 1. The first-order chi connectivity index (χ1) is 15.0. The van der Waals surface area contributed by atoms with E-state index in [1.807, 2.05) is 6.92 Å². The van der Waals surface area contributed by atoms with Gasteiger partial charge in [-0.2, -0.15) is 0 Å². The zero-order valence-electron chi connectivity index (χ0n) is 16.7. The smallest absolute Gasteiger partial charge is 0.268 e. The number of para-hydroxylation sites is 1. The molecule has 8 heteroatoms. The van der Waals surface area contributed by atoms with Crippen molar-refractivity contribution in [1.82, 2.24) is 0 Å². The molecule has 0 spiro atoms. The van der Waals surface area contributed by atoms with E-state index in [0.29, 0.717) is 39.9 Å². The minimum atomic E-state index is -1.02. The lowest BCUT2D eigenvalue weighted by molar-refractivity contribution is -0.128. The van der Waals surface area contributed by atoms with E-state index < -0.39 is 18.1 Å². The maximum Gasteiger partial charge on any atom is 0.268 e. The summed E-state index contributed by atoms with van der Waals surface area (Å²) in [6.07, 6.45) is 0.220. The van der Waals surface area contributed by atoms with E-state index in [0.717, 1.165) is 0 Å². The molecule has 2 atom stereocenters. The average Bonchev–Trinajstić information content (AvgIpc) is 3.31. The monoisotopic (exact) mass is 440 g/mol. The SMILES string of the molecule is CCC1Oc2ccc(C(O)c3ccco3)cc2N(CC(=O)Nc2ccccc2Cl)C1=O. The second-order valence-electron chi connectivity index (χ2n) is 7.11. The lowest BCUT2D eigenvalue weighted by Gasteiger charge is -2.34. The van der Waals surface area contributed by atoms with Crippen LogP contribution in [-0.2, 0) is 9.59 Å². The van der Waals surface area contributed by atoms with E-state index in [2.05, 4.69) is 5.32 Å². The number of hydrogen-bond donors (Lipinski definition) is 2. The molecule has 160 valence electrons. The highest BCUT2D eigenvalue weighted by Gasteiger charge is 2.35. The number of hydrogen-bond acceptors (Lipinski definition) is 5. The number of aliphatic hydroxyl groups is 1.